The number of nitrogens with one attached hydrogen (secondary N) is 2. The van der Waals surface area contributed by atoms with Crippen LogP contribution in [0.5, 0.6) is 0 Å². The van der Waals surface area contributed by atoms with Crippen LogP contribution in [-0.2, 0) is 6.42 Å². The molecular weight excluding hydrogens is 334 g/mol. The van der Waals surface area contributed by atoms with Crippen LogP contribution < -0.4 is 10.6 Å². The highest BCUT2D eigenvalue weighted by atomic mass is 32.1. The molecule has 4 rings (SSSR count). The van der Waals surface area contributed by atoms with Crippen LogP contribution in [0.25, 0.3) is 5.65 Å². The molecule has 1 fully saturated rings. The molecule has 3 aromatic heterocycles. The summed E-state index contributed by atoms with van der Waals surface area (Å²) in [7, 11) is 0. The molecule has 25 heavy (non-hydrogen) atoms. The van der Waals surface area contributed by atoms with Crippen molar-refractivity contribution >= 4 is 28.7 Å². The number of nitrogens with zero attached hydrogens (tertiary/aromatic N) is 3. The Labute approximate surface area is 150 Å². The molecule has 1 saturated heterocycles. The van der Waals surface area contributed by atoms with Gasteiger partial charge in [0.05, 0.1) is 11.2 Å². The lowest BCUT2D eigenvalue weighted by atomic mass is 9.97. The van der Waals surface area contributed by atoms with Gasteiger partial charge >= 0.3 is 0 Å². The maximum absolute atomic E-state index is 12.5. The Morgan fingerprint density at radius 1 is 1.52 bits per heavy atom. The second-order valence-electron chi connectivity index (χ2n) is 6.53. The first kappa shape index (κ1) is 16.2. The van der Waals surface area contributed by atoms with Crippen LogP contribution in [-0.4, -0.2) is 33.4 Å². The number of imidazole rings is 1. The topological polar surface area (TPSA) is 71.3 Å². The van der Waals surface area contributed by atoms with Gasteiger partial charge < -0.3 is 10.6 Å². The minimum absolute atomic E-state index is 0.187. The summed E-state index contributed by atoms with van der Waals surface area (Å²) in [6.45, 7) is 4.16. The van der Waals surface area contributed by atoms with E-state index in [1.54, 1.807) is 17.5 Å². The summed E-state index contributed by atoms with van der Waals surface area (Å²) in [6.07, 6.45) is 6.97. The molecule has 1 amide bonds. The molecule has 2 N–H and O–H groups in total. The van der Waals surface area contributed by atoms with Gasteiger partial charge in [0.2, 0.25) is 0 Å². The van der Waals surface area contributed by atoms with E-state index in [0.717, 1.165) is 35.7 Å². The van der Waals surface area contributed by atoms with Crippen LogP contribution in [0.3, 0.4) is 0 Å². The van der Waals surface area contributed by atoms with Gasteiger partial charge in [0.15, 0.2) is 0 Å². The maximum atomic E-state index is 12.5. The number of anilines is 1. The highest BCUT2D eigenvalue weighted by Crippen LogP contribution is 2.20. The third-order valence-electron chi connectivity index (χ3n) is 4.62. The van der Waals surface area contributed by atoms with Crippen molar-refractivity contribution in [3.05, 3.63) is 46.2 Å². The van der Waals surface area contributed by atoms with E-state index in [4.69, 9.17) is 0 Å². The number of thiazole rings is 1. The van der Waals surface area contributed by atoms with Gasteiger partial charge in [-0.05, 0) is 50.4 Å². The number of hydrogen-bond acceptors (Lipinski definition) is 5. The summed E-state index contributed by atoms with van der Waals surface area (Å²) in [5.41, 5.74) is 2.40. The van der Waals surface area contributed by atoms with Crippen LogP contribution >= 0.6 is 11.3 Å². The minimum Gasteiger partial charge on any atom is -0.316 e. The van der Waals surface area contributed by atoms with Gasteiger partial charge in [-0.1, -0.05) is 6.07 Å². The van der Waals surface area contributed by atoms with Crippen LogP contribution in [0.1, 0.15) is 33.9 Å². The second-order valence-corrected chi connectivity index (χ2v) is 7.47. The van der Waals surface area contributed by atoms with Gasteiger partial charge in [-0.2, -0.15) is 0 Å². The number of hydrogen-bond donors (Lipinski definition) is 2. The number of carbonyl (C=O) groups is 1. The van der Waals surface area contributed by atoms with Crippen molar-refractivity contribution in [3.8, 4) is 0 Å². The fourth-order valence-electron chi connectivity index (χ4n) is 3.28. The van der Waals surface area contributed by atoms with Crippen molar-refractivity contribution in [1.82, 2.24) is 19.7 Å². The number of rotatable bonds is 4. The fraction of sp³-hybridized carbons (Fsp3) is 0.389. The number of aryl methyl sites for hydroxylation is 1. The molecule has 6 nitrogen and oxygen atoms in total. The molecular formula is C18H21N5OS. The average molecular weight is 355 g/mol. The molecule has 1 aliphatic rings. The van der Waals surface area contributed by atoms with Crippen LogP contribution in [0.4, 0.5) is 5.82 Å². The predicted molar refractivity (Wildman–Crippen MR) is 99.3 cm³/mol. The number of carbonyl (C=O) groups excluding carboxylic acids is 1. The monoisotopic (exact) mass is 355 g/mol. The molecule has 130 valence electrons. The number of fused-ring (bicyclic) bond motifs is 1. The highest BCUT2D eigenvalue weighted by Gasteiger charge is 2.18. The Morgan fingerprint density at radius 2 is 2.44 bits per heavy atom. The van der Waals surface area contributed by atoms with E-state index in [1.165, 1.54) is 12.8 Å². The Hall–Kier alpha value is -2.25. The number of aromatic nitrogens is 3. The van der Waals surface area contributed by atoms with Crippen molar-refractivity contribution in [3.63, 3.8) is 0 Å². The summed E-state index contributed by atoms with van der Waals surface area (Å²) in [5.74, 6) is 1.10. The zero-order valence-electron chi connectivity index (χ0n) is 14.2. The standard InChI is InChI=1S/C18H21N5OS/c1-12-4-3-7-23-15(10-20-17(12)23)22-18(24)14-11-25-16(21-14)8-13-5-2-6-19-9-13/h3-4,7,10-11,13,19H,2,5-6,8-9H2,1H3,(H,22,24). The smallest absolute Gasteiger partial charge is 0.276 e. The zero-order valence-corrected chi connectivity index (χ0v) is 15.0. The van der Waals surface area contributed by atoms with E-state index in [2.05, 4.69) is 20.6 Å². The third kappa shape index (κ3) is 3.43. The van der Waals surface area contributed by atoms with Gasteiger partial charge in [-0.15, -0.1) is 11.3 Å². The molecule has 0 aromatic carbocycles. The maximum Gasteiger partial charge on any atom is 0.276 e. The summed E-state index contributed by atoms with van der Waals surface area (Å²) in [6, 6.07) is 3.94. The Balaban J connectivity index is 1.46. The van der Waals surface area contributed by atoms with Crippen molar-refractivity contribution < 1.29 is 4.79 Å². The first-order chi connectivity index (χ1) is 12.2. The lowest BCUT2D eigenvalue weighted by Gasteiger charge is -2.21. The normalized spacial score (nSPS) is 17.7. The van der Waals surface area contributed by atoms with Gasteiger partial charge in [0.25, 0.3) is 5.91 Å². The first-order valence-corrected chi connectivity index (χ1v) is 9.48. The molecule has 0 radical (unpaired) electrons. The molecule has 0 saturated carbocycles. The lowest BCUT2D eigenvalue weighted by Crippen LogP contribution is -2.30. The van der Waals surface area contributed by atoms with E-state index in [0.29, 0.717) is 17.4 Å². The molecule has 0 aliphatic carbocycles. The third-order valence-corrected chi connectivity index (χ3v) is 5.49. The summed E-state index contributed by atoms with van der Waals surface area (Å²) in [5, 5.41) is 9.22. The van der Waals surface area contributed by atoms with E-state index >= 15 is 0 Å². The minimum atomic E-state index is -0.187. The number of amides is 1. The predicted octanol–water partition coefficient (Wildman–Crippen LogP) is 2.89. The highest BCUT2D eigenvalue weighted by molar-refractivity contribution is 7.09. The van der Waals surface area contributed by atoms with E-state index < -0.39 is 0 Å². The SMILES string of the molecule is Cc1cccn2c(NC(=O)c3csc(CC4CCCNC4)n3)cnc12. The van der Waals surface area contributed by atoms with Gasteiger partial charge in [0, 0.05) is 18.0 Å². The molecule has 0 spiro atoms. The molecule has 1 aliphatic heterocycles. The summed E-state index contributed by atoms with van der Waals surface area (Å²) >= 11 is 1.57. The van der Waals surface area contributed by atoms with Crippen LogP contribution in [0.2, 0.25) is 0 Å². The van der Waals surface area contributed by atoms with Gasteiger partial charge in [-0.25, -0.2) is 9.97 Å². The van der Waals surface area contributed by atoms with Crippen molar-refractivity contribution in [1.29, 1.82) is 0 Å². The first-order valence-electron chi connectivity index (χ1n) is 8.60. The van der Waals surface area contributed by atoms with Gasteiger partial charge in [0.1, 0.15) is 17.2 Å². The number of pyridine rings is 1. The van der Waals surface area contributed by atoms with E-state index in [-0.39, 0.29) is 5.91 Å². The largest absolute Gasteiger partial charge is 0.316 e. The summed E-state index contributed by atoms with van der Waals surface area (Å²) in [4.78, 5) is 21.4. The van der Waals surface area contributed by atoms with Gasteiger partial charge in [-0.3, -0.25) is 9.20 Å². The Bertz CT molecular complexity index is 894. The summed E-state index contributed by atoms with van der Waals surface area (Å²) < 4.78 is 1.88. The molecule has 1 atom stereocenters. The number of piperidine rings is 1. The van der Waals surface area contributed by atoms with Crippen molar-refractivity contribution in [2.45, 2.75) is 26.2 Å². The molecule has 0 bridgehead atoms. The quantitative estimate of drug-likeness (QED) is 0.755. The molecule has 1 unspecified atom stereocenters. The Kier molecular flexibility index (Phi) is 4.50. The van der Waals surface area contributed by atoms with Crippen LogP contribution in [0.15, 0.2) is 29.9 Å². The van der Waals surface area contributed by atoms with Crippen molar-refractivity contribution in [2.75, 3.05) is 18.4 Å². The van der Waals surface area contributed by atoms with E-state index in [1.807, 2.05) is 35.0 Å². The zero-order chi connectivity index (χ0) is 17.2. The average Bonchev–Trinajstić information content (AvgIpc) is 3.24. The van der Waals surface area contributed by atoms with Crippen molar-refractivity contribution in [2.24, 2.45) is 5.92 Å². The molecule has 7 heteroatoms. The second kappa shape index (κ2) is 6.93. The molecule has 4 heterocycles. The fourth-order valence-corrected chi connectivity index (χ4v) is 4.17. The lowest BCUT2D eigenvalue weighted by molar-refractivity contribution is 0.102. The van der Waals surface area contributed by atoms with E-state index in [9.17, 15) is 4.79 Å². The Morgan fingerprint density at radius 3 is 3.28 bits per heavy atom. The molecule has 3 aromatic rings. The van der Waals surface area contributed by atoms with Crippen LogP contribution in [0, 0.1) is 12.8 Å².